The summed E-state index contributed by atoms with van der Waals surface area (Å²) in [7, 11) is 0. The maximum Gasteiger partial charge on any atom is 0.471 e. The van der Waals surface area contributed by atoms with E-state index in [9.17, 15) is 28.2 Å². The van der Waals surface area contributed by atoms with Crippen LogP contribution < -0.4 is 5.32 Å². The van der Waals surface area contributed by atoms with Gasteiger partial charge in [0.25, 0.3) is 0 Å². The summed E-state index contributed by atoms with van der Waals surface area (Å²) in [6.45, 7) is -0.267. The third kappa shape index (κ3) is 6.48. The Morgan fingerprint density at radius 2 is 1.96 bits per heavy atom. The van der Waals surface area contributed by atoms with Crippen molar-refractivity contribution in [3.8, 4) is 0 Å². The number of carbonyl (C=O) groups excluding carboxylic acids is 1. The largest absolute Gasteiger partial charge is 0.471 e. The summed E-state index contributed by atoms with van der Waals surface area (Å²) in [5.41, 5.74) is -0.0775. The second-order valence-corrected chi connectivity index (χ2v) is 7.75. The lowest BCUT2D eigenvalue weighted by molar-refractivity contribution is -0.173. The maximum absolute atomic E-state index is 12.1. The van der Waals surface area contributed by atoms with Crippen molar-refractivity contribution in [3.63, 3.8) is 0 Å². The molecule has 0 heterocycles. The van der Waals surface area contributed by atoms with Crippen LogP contribution in [0.4, 0.5) is 13.2 Å². The molecule has 0 bridgehead atoms. The minimum Gasteiger partial charge on any atom is -0.389 e. The van der Waals surface area contributed by atoms with Gasteiger partial charge in [0, 0.05) is 17.2 Å². The predicted molar refractivity (Wildman–Crippen MR) is 93.8 cm³/mol. The summed E-state index contributed by atoms with van der Waals surface area (Å²) >= 11 is 1.51. The molecule has 8 heteroatoms. The summed E-state index contributed by atoms with van der Waals surface area (Å²) in [6, 6.07) is 7.10. The van der Waals surface area contributed by atoms with Gasteiger partial charge in [0.05, 0.1) is 11.7 Å². The van der Waals surface area contributed by atoms with Crippen molar-refractivity contribution in [1.29, 1.82) is 0 Å². The Hall–Kier alpha value is -1.25. The summed E-state index contributed by atoms with van der Waals surface area (Å²) in [6.07, 6.45) is -1.11. The fourth-order valence-corrected chi connectivity index (χ4v) is 4.09. The number of alkyl halides is 3. The Labute approximate surface area is 155 Å². The monoisotopic (exact) mass is 391 g/mol. The van der Waals surface area contributed by atoms with Crippen molar-refractivity contribution < 1.29 is 28.2 Å². The average molecular weight is 391 g/mol. The second-order valence-electron chi connectivity index (χ2n) is 6.70. The molecule has 3 N–H and O–H groups in total. The van der Waals surface area contributed by atoms with E-state index in [1.54, 1.807) is 23.5 Å². The minimum absolute atomic E-state index is 0.0140. The molecule has 1 saturated carbocycles. The predicted octanol–water partition coefficient (Wildman–Crippen LogP) is 3.58. The van der Waals surface area contributed by atoms with Crippen LogP contribution in [0.3, 0.4) is 0 Å². The van der Waals surface area contributed by atoms with Crippen LogP contribution in [-0.2, 0) is 4.79 Å². The maximum atomic E-state index is 12.1. The number of nitrogens with one attached hydrogen (secondary N) is 1. The highest BCUT2D eigenvalue weighted by Gasteiger charge is 2.38. The van der Waals surface area contributed by atoms with Gasteiger partial charge in [-0.15, -0.1) is 11.8 Å². The summed E-state index contributed by atoms with van der Waals surface area (Å²) in [5.74, 6) is -1.43. The quantitative estimate of drug-likeness (QED) is 0.622. The fraction of sp³-hybridized carbons (Fsp3) is 0.611. The Kier molecular flexibility index (Phi) is 7.37. The highest BCUT2D eigenvalue weighted by atomic mass is 32.2. The van der Waals surface area contributed by atoms with E-state index in [0.717, 1.165) is 37.0 Å². The van der Waals surface area contributed by atoms with E-state index < -0.39 is 23.8 Å². The lowest BCUT2D eigenvalue weighted by Crippen LogP contribution is -2.37. The Morgan fingerprint density at radius 3 is 2.62 bits per heavy atom. The second kappa shape index (κ2) is 9.10. The molecule has 0 aromatic heterocycles. The number of aliphatic hydroxyl groups is 2. The van der Waals surface area contributed by atoms with Crippen molar-refractivity contribution in [3.05, 3.63) is 29.8 Å². The number of amides is 1. The van der Waals surface area contributed by atoms with Gasteiger partial charge in [0.2, 0.25) is 0 Å². The minimum atomic E-state index is -4.92. The number of carbonyl (C=O) groups is 1. The molecule has 0 saturated heterocycles. The zero-order valence-corrected chi connectivity index (χ0v) is 15.2. The first-order valence-corrected chi connectivity index (χ1v) is 9.66. The van der Waals surface area contributed by atoms with E-state index in [-0.39, 0.29) is 13.0 Å². The molecule has 1 aromatic rings. The molecule has 146 valence electrons. The van der Waals surface area contributed by atoms with Crippen molar-refractivity contribution in [2.75, 3.05) is 12.3 Å². The van der Waals surface area contributed by atoms with Gasteiger partial charge in [0.1, 0.15) is 0 Å². The van der Waals surface area contributed by atoms with E-state index >= 15 is 0 Å². The molecule has 0 radical (unpaired) electrons. The van der Waals surface area contributed by atoms with Crippen LogP contribution in [0.1, 0.15) is 50.2 Å². The number of hydrogen-bond donors (Lipinski definition) is 3. The zero-order chi connectivity index (χ0) is 19.2. The number of halogens is 3. The molecule has 0 aliphatic heterocycles. The van der Waals surface area contributed by atoms with E-state index in [1.165, 1.54) is 11.8 Å². The van der Waals surface area contributed by atoms with Gasteiger partial charge in [0.15, 0.2) is 0 Å². The van der Waals surface area contributed by atoms with Crippen molar-refractivity contribution in [1.82, 2.24) is 5.32 Å². The number of thioether (sulfide) groups is 1. The molecule has 1 atom stereocenters. The average Bonchev–Trinajstić information content (AvgIpc) is 2.60. The normalized spacial score (nSPS) is 18.3. The smallest absolute Gasteiger partial charge is 0.389 e. The first-order valence-electron chi connectivity index (χ1n) is 8.68. The number of rotatable bonds is 7. The van der Waals surface area contributed by atoms with Gasteiger partial charge in [-0.3, -0.25) is 4.79 Å². The highest BCUT2D eigenvalue weighted by molar-refractivity contribution is 7.99. The highest BCUT2D eigenvalue weighted by Crippen LogP contribution is 2.34. The zero-order valence-electron chi connectivity index (χ0n) is 14.4. The number of benzene rings is 1. The molecule has 0 spiro atoms. The molecule has 4 nitrogen and oxygen atoms in total. The van der Waals surface area contributed by atoms with Crippen LogP contribution >= 0.6 is 11.8 Å². The molecular weight excluding hydrogens is 367 g/mol. The van der Waals surface area contributed by atoms with Crippen LogP contribution in [0, 0.1) is 0 Å². The Balaban J connectivity index is 1.84. The van der Waals surface area contributed by atoms with Gasteiger partial charge in [-0.25, -0.2) is 0 Å². The van der Waals surface area contributed by atoms with Gasteiger partial charge in [-0.05, 0) is 37.0 Å². The molecule has 1 unspecified atom stereocenters. The Morgan fingerprint density at radius 1 is 1.27 bits per heavy atom. The summed E-state index contributed by atoms with van der Waals surface area (Å²) < 4.78 is 36.4. The first kappa shape index (κ1) is 21.1. The summed E-state index contributed by atoms with van der Waals surface area (Å²) in [5, 5.41) is 22.4. The standard InChI is InChI=1S/C18H24F3NO3S/c19-18(20,21)16(24)22-10-7-15(23)13-5-4-6-14(11-13)26-12-17(25)8-2-1-3-9-17/h4-6,11,15,23,25H,1-3,7-10,12H2,(H,22,24). The number of aliphatic hydroxyl groups excluding tert-OH is 1. The molecule has 26 heavy (non-hydrogen) atoms. The lowest BCUT2D eigenvalue weighted by atomic mass is 9.86. The van der Waals surface area contributed by atoms with Gasteiger partial charge in [-0.1, -0.05) is 31.4 Å². The van der Waals surface area contributed by atoms with Crippen molar-refractivity contribution in [2.24, 2.45) is 0 Å². The first-order chi connectivity index (χ1) is 12.2. The van der Waals surface area contributed by atoms with Gasteiger partial charge >= 0.3 is 12.1 Å². The molecule has 1 fully saturated rings. The van der Waals surface area contributed by atoms with Crippen LogP contribution in [0.5, 0.6) is 0 Å². The SMILES string of the molecule is O=C(NCCC(O)c1cccc(SCC2(O)CCCCC2)c1)C(F)(F)F. The molecular formula is C18H24F3NO3S. The fourth-order valence-electron chi connectivity index (χ4n) is 2.97. The third-order valence-corrected chi connectivity index (χ3v) is 5.76. The number of hydrogen-bond acceptors (Lipinski definition) is 4. The van der Waals surface area contributed by atoms with Gasteiger partial charge < -0.3 is 15.5 Å². The Bertz CT molecular complexity index is 604. The van der Waals surface area contributed by atoms with Crippen LogP contribution in [0.2, 0.25) is 0 Å². The van der Waals surface area contributed by atoms with E-state index in [1.807, 2.05) is 6.07 Å². The summed E-state index contributed by atoms with van der Waals surface area (Å²) in [4.78, 5) is 11.6. The van der Waals surface area contributed by atoms with Crippen molar-refractivity contribution in [2.45, 2.75) is 61.3 Å². The van der Waals surface area contributed by atoms with E-state index in [4.69, 9.17) is 0 Å². The topological polar surface area (TPSA) is 69.6 Å². The lowest BCUT2D eigenvalue weighted by Gasteiger charge is -2.31. The molecule has 2 rings (SSSR count). The molecule has 1 aliphatic carbocycles. The molecule has 1 aliphatic rings. The van der Waals surface area contributed by atoms with E-state index in [0.29, 0.717) is 11.3 Å². The van der Waals surface area contributed by atoms with Crippen molar-refractivity contribution >= 4 is 17.7 Å². The van der Waals surface area contributed by atoms with Crippen LogP contribution in [0.25, 0.3) is 0 Å². The molecule has 1 aromatic carbocycles. The third-order valence-electron chi connectivity index (χ3n) is 4.50. The van der Waals surface area contributed by atoms with E-state index in [2.05, 4.69) is 0 Å². The van der Waals surface area contributed by atoms with Crippen LogP contribution in [-0.4, -0.2) is 40.2 Å². The molecule has 1 amide bonds. The van der Waals surface area contributed by atoms with Gasteiger partial charge in [-0.2, -0.15) is 13.2 Å². The van der Waals surface area contributed by atoms with Crippen LogP contribution in [0.15, 0.2) is 29.2 Å².